The number of carbonyl (C=O) groups excluding carboxylic acids is 4. The summed E-state index contributed by atoms with van der Waals surface area (Å²) in [6.07, 6.45) is 0.604. The fourth-order valence-corrected chi connectivity index (χ4v) is 2.26. The Morgan fingerprint density at radius 2 is 1.85 bits per heavy atom. The van der Waals surface area contributed by atoms with E-state index in [9.17, 15) is 19.2 Å². The number of nitrogens with zero attached hydrogens (tertiary/aromatic N) is 2. The molecule has 7 heteroatoms. The molecule has 2 heterocycles. The maximum absolute atomic E-state index is 11.9. The van der Waals surface area contributed by atoms with Crippen LogP contribution in [0, 0.1) is 0 Å². The number of piperazine rings is 1. The number of rotatable bonds is 1. The molecule has 0 aromatic heterocycles. The van der Waals surface area contributed by atoms with E-state index in [1.807, 2.05) is 13.8 Å². The lowest BCUT2D eigenvalue weighted by atomic mass is 10.0. The van der Waals surface area contributed by atoms with Gasteiger partial charge >= 0.3 is 0 Å². The Morgan fingerprint density at radius 1 is 1.20 bits per heavy atom. The molecule has 1 N–H and O–H groups in total. The van der Waals surface area contributed by atoms with Crippen molar-refractivity contribution in [2.45, 2.75) is 39.7 Å². The Morgan fingerprint density at radius 3 is 2.35 bits per heavy atom. The molecule has 0 bridgehead atoms. The van der Waals surface area contributed by atoms with Crippen molar-refractivity contribution in [1.82, 2.24) is 15.1 Å². The van der Waals surface area contributed by atoms with Gasteiger partial charge in [-0.05, 0) is 6.42 Å². The Kier molecular flexibility index (Phi) is 5.66. The van der Waals surface area contributed by atoms with Crippen molar-refractivity contribution < 1.29 is 19.2 Å². The molecule has 112 valence electrons. The third kappa shape index (κ3) is 3.55. The fourth-order valence-electron chi connectivity index (χ4n) is 2.26. The van der Waals surface area contributed by atoms with Crippen LogP contribution in [0.5, 0.6) is 0 Å². The summed E-state index contributed by atoms with van der Waals surface area (Å²) in [6.45, 7) is 6.19. The summed E-state index contributed by atoms with van der Waals surface area (Å²) in [6, 6.07) is -0.579. The largest absolute Gasteiger partial charge is 0.332 e. The average molecular weight is 283 g/mol. The summed E-state index contributed by atoms with van der Waals surface area (Å²) in [4.78, 5) is 48.7. The molecule has 2 rings (SSSR count). The van der Waals surface area contributed by atoms with E-state index in [4.69, 9.17) is 0 Å². The number of amides is 4. The maximum atomic E-state index is 11.9. The summed E-state index contributed by atoms with van der Waals surface area (Å²) < 4.78 is 0. The van der Waals surface area contributed by atoms with Gasteiger partial charge in [-0.25, -0.2) is 0 Å². The van der Waals surface area contributed by atoms with Gasteiger partial charge in [-0.15, -0.1) is 0 Å². The number of hydrogen-bond acceptors (Lipinski definition) is 4. The zero-order valence-electron chi connectivity index (χ0n) is 12.1. The standard InChI is InChI=1S/C11H15N3O4.C2H6/c1-7(15)13-4-5-14(10(17)6-13)8-2-3-9(16)12-11(8)18;1-2/h8H,2-6H2,1H3,(H,12,16,18);1-2H3. The summed E-state index contributed by atoms with van der Waals surface area (Å²) in [5, 5.41) is 2.23. The molecule has 0 aromatic rings. The molecular formula is C13H21N3O4. The lowest BCUT2D eigenvalue weighted by molar-refractivity contribution is -0.151. The maximum Gasteiger partial charge on any atom is 0.249 e. The quantitative estimate of drug-likeness (QED) is 0.658. The second-order valence-electron chi connectivity index (χ2n) is 4.49. The minimum absolute atomic E-state index is 0.00700. The Bertz CT molecular complexity index is 422. The van der Waals surface area contributed by atoms with Crippen LogP contribution in [0.2, 0.25) is 0 Å². The number of carbonyl (C=O) groups is 4. The first-order chi connectivity index (χ1) is 9.49. The fraction of sp³-hybridized carbons (Fsp3) is 0.692. The zero-order valence-corrected chi connectivity index (χ0v) is 12.1. The van der Waals surface area contributed by atoms with Gasteiger partial charge in [-0.2, -0.15) is 0 Å². The smallest absolute Gasteiger partial charge is 0.249 e. The number of hydrogen-bond donors (Lipinski definition) is 1. The monoisotopic (exact) mass is 283 g/mol. The van der Waals surface area contributed by atoms with E-state index in [1.54, 1.807) is 0 Å². The van der Waals surface area contributed by atoms with Crippen molar-refractivity contribution in [3.05, 3.63) is 0 Å². The summed E-state index contributed by atoms with van der Waals surface area (Å²) in [5.41, 5.74) is 0. The van der Waals surface area contributed by atoms with Gasteiger partial charge in [0.25, 0.3) is 0 Å². The van der Waals surface area contributed by atoms with Gasteiger partial charge in [-0.1, -0.05) is 13.8 Å². The van der Waals surface area contributed by atoms with Gasteiger partial charge < -0.3 is 9.80 Å². The molecular weight excluding hydrogens is 262 g/mol. The van der Waals surface area contributed by atoms with Gasteiger partial charge in [0.15, 0.2) is 0 Å². The van der Waals surface area contributed by atoms with E-state index >= 15 is 0 Å². The van der Waals surface area contributed by atoms with Crippen molar-refractivity contribution in [3.8, 4) is 0 Å². The van der Waals surface area contributed by atoms with Crippen molar-refractivity contribution in [2.24, 2.45) is 0 Å². The molecule has 0 radical (unpaired) electrons. The number of nitrogens with one attached hydrogen (secondary N) is 1. The molecule has 7 nitrogen and oxygen atoms in total. The van der Waals surface area contributed by atoms with E-state index in [0.717, 1.165) is 0 Å². The first kappa shape index (κ1) is 16.1. The highest BCUT2D eigenvalue weighted by molar-refractivity contribution is 6.02. The third-order valence-electron chi connectivity index (χ3n) is 3.29. The van der Waals surface area contributed by atoms with E-state index in [2.05, 4.69) is 5.32 Å². The van der Waals surface area contributed by atoms with Crippen LogP contribution in [0.15, 0.2) is 0 Å². The number of imide groups is 1. The lowest BCUT2D eigenvalue weighted by Gasteiger charge is -2.39. The molecule has 0 spiro atoms. The predicted molar refractivity (Wildman–Crippen MR) is 71.5 cm³/mol. The highest BCUT2D eigenvalue weighted by Gasteiger charge is 2.37. The van der Waals surface area contributed by atoms with Gasteiger partial charge in [0.2, 0.25) is 23.6 Å². The van der Waals surface area contributed by atoms with Crippen molar-refractivity contribution in [3.63, 3.8) is 0 Å². The molecule has 2 aliphatic rings. The third-order valence-corrected chi connectivity index (χ3v) is 3.29. The molecule has 4 amide bonds. The highest BCUT2D eigenvalue weighted by Crippen LogP contribution is 2.15. The summed E-state index contributed by atoms with van der Waals surface area (Å²) >= 11 is 0. The Balaban J connectivity index is 0.000000956. The zero-order chi connectivity index (χ0) is 15.3. The van der Waals surface area contributed by atoms with E-state index in [1.165, 1.54) is 16.7 Å². The van der Waals surface area contributed by atoms with Crippen LogP contribution in [-0.2, 0) is 19.2 Å². The molecule has 2 fully saturated rings. The minimum Gasteiger partial charge on any atom is -0.332 e. The second kappa shape index (κ2) is 7.02. The summed E-state index contributed by atoms with van der Waals surface area (Å²) in [7, 11) is 0. The average Bonchev–Trinajstić information content (AvgIpc) is 2.41. The van der Waals surface area contributed by atoms with Gasteiger partial charge in [0.05, 0.1) is 6.54 Å². The minimum atomic E-state index is -0.579. The van der Waals surface area contributed by atoms with Crippen molar-refractivity contribution in [1.29, 1.82) is 0 Å². The van der Waals surface area contributed by atoms with E-state index in [0.29, 0.717) is 19.5 Å². The predicted octanol–water partition coefficient (Wildman–Crippen LogP) is -0.491. The molecule has 0 aromatic carbocycles. The van der Waals surface area contributed by atoms with E-state index in [-0.39, 0.29) is 30.7 Å². The van der Waals surface area contributed by atoms with Crippen LogP contribution < -0.4 is 5.32 Å². The Hall–Kier alpha value is -1.92. The SMILES string of the molecule is CC.CC(=O)N1CCN(C2CCC(=O)NC2=O)C(=O)C1. The highest BCUT2D eigenvalue weighted by atomic mass is 16.2. The van der Waals surface area contributed by atoms with Crippen LogP contribution in [0.3, 0.4) is 0 Å². The van der Waals surface area contributed by atoms with Crippen LogP contribution in [0.4, 0.5) is 0 Å². The molecule has 0 aliphatic carbocycles. The molecule has 1 unspecified atom stereocenters. The van der Waals surface area contributed by atoms with Gasteiger partial charge in [0, 0.05) is 26.4 Å². The molecule has 1 atom stereocenters. The van der Waals surface area contributed by atoms with E-state index < -0.39 is 11.9 Å². The topological polar surface area (TPSA) is 86.8 Å². The second-order valence-corrected chi connectivity index (χ2v) is 4.49. The molecule has 0 saturated carbocycles. The van der Waals surface area contributed by atoms with Crippen molar-refractivity contribution >= 4 is 23.6 Å². The van der Waals surface area contributed by atoms with Gasteiger partial charge in [-0.3, -0.25) is 24.5 Å². The first-order valence-electron chi connectivity index (χ1n) is 6.87. The van der Waals surface area contributed by atoms with Crippen LogP contribution in [-0.4, -0.2) is 59.1 Å². The Labute approximate surface area is 118 Å². The van der Waals surface area contributed by atoms with Crippen LogP contribution in [0.25, 0.3) is 0 Å². The summed E-state index contributed by atoms with van der Waals surface area (Å²) in [5.74, 6) is -1.11. The molecule has 20 heavy (non-hydrogen) atoms. The normalized spacial score (nSPS) is 22.9. The van der Waals surface area contributed by atoms with Gasteiger partial charge in [0.1, 0.15) is 6.04 Å². The molecule has 2 saturated heterocycles. The van der Waals surface area contributed by atoms with Crippen molar-refractivity contribution in [2.75, 3.05) is 19.6 Å². The molecule has 2 aliphatic heterocycles. The van der Waals surface area contributed by atoms with Crippen LogP contribution >= 0.6 is 0 Å². The number of piperidine rings is 1. The lowest BCUT2D eigenvalue weighted by Crippen LogP contribution is -2.60. The first-order valence-corrected chi connectivity index (χ1v) is 6.87. The van der Waals surface area contributed by atoms with Crippen LogP contribution in [0.1, 0.15) is 33.6 Å².